The maximum Gasteiger partial charge on any atom is 0.337 e. The van der Waals surface area contributed by atoms with Crippen molar-refractivity contribution < 1.29 is 23.9 Å². The van der Waals surface area contributed by atoms with Crippen molar-refractivity contribution in [3.05, 3.63) is 53.7 Å². The van der Waals surface area contributed by atoms with Crippen LogP contribution in [-0.2, 0) is 19.1 Å². The van der Waals surface area contributed by atoms with Crippen LogP contribution in [0.5, 0.6) is 0 Å². The number of hydrogen-bond donors (Lipinski definition) is 1. The van der Waals surface area contributed by atoms with Crippen LogP contribution in [0.15, 0.2) is 42.6 Å². The second-order valence-electron chi connectivity index (χ2n) is 6.27. The Hall–Kier alpha value is -3.42. The molecule has 1 atom stereocenters. The summed E-state index contributed by atoms with van der Waals surface area (Å²) in [5, 5.41) is 6.82. The smallest absolute Gasteiger partial charge is 0.337 e. The molecule has 0 radical (unpaired) electrons. The zero-order chi connectivity index (χ0) is 20.7. The van der Waals surface area contributed by atoms with Gasteiger partial charge in [-0.25, -0.2) is 14.3 Å². The summed E-state index contributed by atoms with van der Waals surface area (Å²) in [4.78, 5) is 35.6. The van der Waals surface area contributed by atoms with Crippen molar-refractivity contribution in [2.75, 3.05) is 12.4 Å². The topological polar surface area (TPSA) is 99.5 Å². The number of esters is 2. The number of rotatable bonds is 7. The van der Waals surface area contributed by atoms with Gasteiger partial charge in [0.25, 0.3) is 5.91 Å². The first-order valence-corrected chi connectivity index (χ1v) is 8.73. The summed E-state index contributed by atoms with van der Waals surface area (Å²) in [6.07, 6.45) is 3.35. The molecule has 0 bridgehead atoms. The Kier molecular flexibility index (Phi) is 7.08. The van der Waals surface area contributed by atoms with Gasteiger partial charge >= 0.3 is 11.9 Å². The Morgan fingerprint density at radius 3 is 2.39 bits per heavy atom. The number of methoxy groups -OCH3 is 1. The molecular weight excluding hydrogens is 362 g/mol. The van der Waals surface area contributed by atoms with Crippen molar-refractivity contribution in [1.29, 1.82) is 0 Å². The third-order valence-electron chi connectivity index (χ3n) is 3.82. The predicted molar refractivity (Wildman–Crippen MR) is 104 cm³/mol. The van der Waals surface area contributed by atoms with E-state index in [1.165, 1.54) is 26.2 Å². The molecule has 0 aliphatic heterocycles. The van der Waals surface area contributed by atoms with E-state index < -0.39 is 23.9 Å². The molecule has 0 aliphatic carbocycles. The zero-order valence-corrected chi connectivity index (χ0v) is 16.2. The molecule has 1 aromatic heterocycles. The van der Waals surface area contributed by atoms with Crippen molar-refractivity contribution in [3.63, 3.8) is 0 Å². The summed E-state index contributed by atoms with van der Waals surface area (Å²) in [5.74, 6) is -1.01. The quantitative estimate of drug-likeness (QED) is 0.581. The minimum Gasteiger partial charge on any atom is -0.465 e. The van der Waals surface area contributed by atoms with Crippen LogP contribution in [0.1, 0.15) is 42.7 Å². The van der Waals surface area contributed by atoms with E-state index in [4.69, 9.17) is 4.74 Å². The van der Waals surface area contributed by atoms with Gasteiger partial charge in [0.15, 0.2) is 6.10 Å². The maximum absolute atomic E-state index is 12.2. The second kappa shape index (κ2) is 9.50. The number of nitrogens with one attached hydrogen (secondary N) is 1. The Balaban J connectivity index is 1.90. The number of hydrogen-bond acceptors (Lipinski definition) is 6. The minimum absolute atomic E-state index is 0.0802. The summed E-state index contributed by atoms with van der Waals surface area (Å²) < 4.78 is 11.4. The van der Waals surface area contributed by atoms with Crippen LogP contribution in [0.4, 0.5) is 5.82 Å². The number of anilines is 1. The summed E-state index contributed by atoms with van der Waals surface area (Å²) in [6.45, 7) is 5.37. The van der Waals surface area contributed by atoms with E-state index in [0.717, 1.165) is 0 Å². The lowest BCUT2D eigenvalue weighted by Gasteiger charge is -2.15. The summed E-state index contributed by atoms with van der Waals surface area (Å²) in [5.41, 5.74) is 1.11. The van der Waals surface area contributed by atoms with Crippen molar-refractivity contribution in [3.8, 4) is 0 Å². The molecule has 0 saturated heterocycles. The molecule has 1 heterocycles. The highest BCUT2D eigenvalue weighted by atomic mass is 16.5. The van der Waals surface area contributed by atoms with Crippen LogP contribution < -0.4 is 5.32 Å². The van der Waals surface area contributed by atoms with E-state index >= 15 is 0 Å². The van der Waals surface area contributed by atoms with Gasteiger partial charge in [-0.2, -0.15) is 5.10 Å². The van der Waals surface area contributed by atoms with E-state index in [9.17, 15) is 14.4 Å². The zero-order valence-electron chi connectivity index (χ0n) is 16.2. The van der Waals surface area contributed by atoms with Crippen LogP contribution in [-0.4, -0.2) is 40.8 Å². The summed E-state index contributed by atoms with van der Waals surface area (Å²) in [6, 6.07) is 8.26. The molecule has 0 aliphatic rings. The second-order valence-corrected chi connectivity index (χ2v) is 6.27. The molecule has 1 aromatic carbocycles. The van der Waals surface area contributed by atoms with E-state index in [-0.39, 0.29) is 6.04 Å². The SMILES string of the molecule is COC(=O)c1ccc(/C=C/C(=O)O[C@@H](C)C(=O)Nc2ccnn2C(C)C)cc1. The summed E-state index contributed by atoms with van der Waals surface area (Å²) >= 11 is 0. The number of ether oxygens (including phenoxy) is 2. The van der Waals surface area contributed by atoms with Gasteiger partial charge in [-0.1, -0.05) is 12.1 Å². The van der Waals surface area contributed by atoms with Crippen molar-refractivity contribution in [2.24, 2.45) is 0 Å². The standard InChI is InChI=1S/C20H23N3O5/c1-13(2)23-17(11-12-21-23)22-19(25)14(3)28-18(24)10-7-15-5-8-16(9-6-15)20(26)27-4/h5-14H,1-4H3,(H,22,25)/b10-7+/t14-/m0/s1. The highest BCUT2D eigenvalue weighted by Gasteiger charge is 2.18. The minimum atomic E-state index is -0.977. The number of carbonyl (C=O) groups excluding carboxylic acids is 3. The van der Waals surface area contributed by atoms with Crippen molar-refractivity contribution in [2.45, 2.75) is 32.9 Å². The average molecular weight is 385 g/mol. The first-order valence-electron chi connectivity index (χ1n) is 8.73. The molecule has 8 nitrogen and oxygen atoms in total. The molecule has 0 saturated carbocycles. The molecule has 1 N–H and O–H groups in total. The van der Waals surface area contributed by atoms with Gasteiger partial charge in [-0.15, -0.1) is 0 Å². The fraction of sp³-hybridized carbons (Fsp3) is 0.300. The molecular formula is C20H23N3O5. The van der Waals surface area contributed by atoms with E-state index in [0.29, 0.717) is 16.9 Å². The monoisotopic (exact) mass is 385 g/mol. The highest BCUT2D eigenvalue weighted by molar-refractivity contribution is 5.96. The number of carbonyl (C=O) groups is 3. The maximum atomic E-state index is 12.2. The molecule has 0 unspecified atom stereocenters. The largest absolute Gasteiger partial charge is 0.465 e. The molecule has 148 valence electrons. The molecule has 8 heteroatoms. The lowest BCUT2D eigenvalue weighted by molar-refractivity contribution is -0.148. The first-order chi connectivity index (χ1) is 13.3. The van der Waals surface area contributed by atoms with Gasteiger partial charge in [0.1, 0.15) is 5.82 Å². The van der Waals surface area contributed by atoms with Crippen LogP contribution in [0, 0.1) is 0 Å². The molecule has 2 rings (SSSR count). The van der Waals surface area contributed by atoms with Crippen LogP contribution in [0.3, 0.4) is 0 Å². The van der Waals surface area contributed by atoms with Gasteiger partial charge in [-0.05, 0) is 44.5 Å². The Labute approximate surface area is 163 Å². The number of benzene rings is 1. The predicted octanol–water partition coefficient (Wildman–Crippen LogP) is 2.83. The summed E-state index contributed by atoms with van der Waals surface area (Å²) in [7, 11) is 1.31. The first kappa shape index (κ1) is 20.9. The number of aromatic nitrogens is 2. The van der Waals surface area contributed by atoms with Crippen LogP contribution in [0.25, 0.3) is 6.08 Å². The Bertz CT molecular complexity index is 868. The lowest BCUT2D eigenvalue weighted by atomic mass is 10.1. The number of amides is 1. The molecule has 2 aromatic rings. The molecule has 0 spiro atoms. The number of nitrogens with zero attached hydrogens (tertiary/aromatic N) is 2. The normalized spacial score (nSPS) is 12.0. The van der Waals surface area contributed by atoms with Gasteiger partial charge in [-0.3, -0.25) is 4.79 Å². The average Bonchev–Trinajstić information content (AvgIpc) is 3.14. The van der Waals surface area contributed by atoms with E-state index in [2.05, 4.69) is 15.2 Å². The van der Waals surface area contributed by atoms with Crippen molar-refractivity contribution in [1.82, 2.24) is 9.78 Å². The van der Waals surface area contributed by atoms with Gasteiger partial charge < -0.3 is 14.8 Å². The highest BCUT2D eigenvalue weighted by Crippen LogP contribution is 2.14. The third-order valence-corrected chi connectivity index (χ3v) is 3.82. The van der Waals surface area contributed by atoms with Crippen molar-refractivity contribution >= 4 is 29.7 Å². The fourth-order valence-electron chi connectivity index (χ4n) is 2.33. The van der Waals surface area contributed by atoms with E-state index in [1.807, 2.05) is 13.8 Å². The Morgan fingerprint density at radius 1 is 1.11 bits per heavy atom. The van der Waals surface area contributed by atoms with Gasteiger partial charge in [0.2, 0.25) is 0 Å². The van der Waals surface area contributed by atoms with Crippen LogP contribution in [0.2, 0.25) is 0 Å². The Morgan fingerprint density at radius 2 is 1.79 bits per heavy atom. The molecule has 0 fully saturated rings. The lowest BCUT2D eigenvalue weighted by Crippen LogP contribution is -2.30. The third kappa shape index (κ3) is 5.54. The molecule has 28 heavy (non-hydrogen) atoms. The fourth-order valence-corrected chi connectivity index (χ4v) is 2.33. The molecule has 1 amide bonds. The van der Waals surface area contributed by atoms with Crippen LogP contribution >= 0.6 is 0 Å². The van der Waals surface area contributed by atoms with E-state index in [1.54, 1.807) is 41.2 Å². The van der Waals surface area contributed by atoms with Gasteiger partial charge in [0.05, 0.1) is 18.9 Å². The van der Waals surface area contributed by atoms with Gasteiger partial charge in [0, 0.05) is 18.2 Å².